The monoisotopic (exact) mass is 225 g/mol. The maximum atomic E-state index is 5.09. The Hall–Kier alpha value is -0.960. The number of rotatable bonds is 4. The summed E-state index contributed by atoms with van der Waals surface area (Å²) in [5.41, 5.74) is 1.12. The molecule has 0 aliphatic rings. The fraction of sp³-hybridized carbons (Fsp3) is 0.417. The number of hydrogen-bond donors (Lipinski definition) is 0. The number of hydrogen-bond acceptors (Lipinski definition) is 2. The van der Waals surface area contributed by atoms with Crippen molar-refractivity contribution in [3.63, 3.8) is 0 Å². The molecule has 15 heavy (non-hydrogen) atoms. The van der Waals surface area contributed by atoms with Crippen LogP contribution in [-0.2, 0) is 0 Å². The van der Waals surface area contributed by atoms with E-state index in [-0.39, 0.29) is 0 Å². The van der Waals surface area contributed by atoms with E-state index in [1.165, 1.54) is 0 Å². The zero-order valence-corrected chi connectivity index (χ0v) is 10.7. The first kappa shape index (κ1) is 12.1. The van der Waals surface area contributed by atoms with Crippen LogP contribution in [0, 0.1) is 0 Å². The predicted molar refractivity (Wildman–Crippen MR) is 70.8 cm³/mol. The van der Waals surface area contributed by atoms with Gasteiger partial charge in [0.25, 0.3) is 0 Å². The van der Waals surface area contributed by atoms with Gasteiger partial charge in [-0.05, 0) is 48.6 Å². The molecule has 0 aromatic heterocycles. The number of methoxy groups -OCH3 is 1. The SMILES string of the molecule is COc1ccc(/C=N/CS(C)(C)C)cc1. The van der Waals surface area contributed by atoms with Gasteiger partial charge in [0.05, 0.1) is 13.0 Å². The molecule has 0 heterocycles. The third kappa shape index (κ3) is 4.88. The minimum Gasteiger partial charge on any atom is -0.497 e. The second-order valence-corrected chi connectivity index (χ2v) is 8.74. The van der Waals surface area contributed by atoms with E-state index < -0.39 is 10.0 Å². The van der Waals surface area contributed by atoms with Crippen molar-refractivity contribution in [2.45, 2.75) is 0 Å². The van der Waals surface area contributed by atoms with Crippen LogP contribution < -0.4 is 4.74 Å². The number of nitrogens with zero attached hydrogens (tertiary/aromatic N) is 1. The number of ether oxygens (including phenoxy) is 1. The molecule has 0 amide bonds. The summed E-state index contributed by atoms with van der Waals surface area (Å²) >= 11 is 0. The first-order chi connectivity index (χ1) is 7.01. The zero-order chi connectivity index (χ0) is 11.3. The summed E-state index contributed by atoms with van der Waals surface area (Å²) < 4.78 is 5.09. The van der Waals surface area contributed by atoms with Crippen molar-refractivity contribution >= 4 is 16.2 Å². The van der Waals surface area contributed by atoms with Crippen LogP contribution in [0.2, 0.25) is 0 Å². The molecule has 0 aliphatic heterocycles. The van der Waals surface area contributed by atoms with Crippen molar-refractivity contribution in [3.05, 3.63) is 29.8 Å². The molecule has 84 valence electrons. The highest BCUT2D eigenvalue weighted by Gasteiger charge is 2.00. The van der Waals surface area contributed by atoms with Gasteiger partial charge in [-0.2, -0.15) is 0 Å². The topological polar surface area (TPSA) is 21.6 Å². The van der Waals surface area contributed by atoms with Gasteiger partial charge in [0.15, 0.2) is 0 Å². The molecule has 0 saturated carbocycles. The summed E-state index contributed by atoms with van der Waals surface area (Å²) in [5, 5.41) is 0. The third-order valence-corrected chi connectivity index (χ3v) is 2.74. The second kappa shape index (κ2) is 5.21. The molecule has 0 radical (unpaired) electrons. The summed E-state index contributed by atoms with van der Waals surface area (Å²) in [6.45, 7) is 0. The largest absolute Gasteiger partial charge is 0.497 e. The summed E-state index contributed by atoms with van der Waals surface area (Å²) in [5.74, 6) is 1.81. The Labute approximate surface area is 93.7 Å². The highest BCUT2D eigenvalue weighted by atomic mass is 32.3. The molecule has 0 saturated heterocycles. The normalized spacial score (nSPS) is 13.1. The fourth-order valence-corrected chi connectivity index (χ4v) is 1.58. The van der Waals surface area contributed by atoms with Gasteiger partial charge >= 0.3 is 0 Å². The molecule has 0 spiro atoms. The Kier molecular flexibility index (Phi) is 4.21. The lowest BCUT2D eigenvalue weighted by atomic mass is 10.2. The first-order valence-corrected chi connectivity index (χ1v) is 7.84. The van der Waals surface area contributed by atoms with Crippen molar-refractivity contribution in [1.29, 1.82) is 0 Å². The van der Waals surface area contributed by atoms with E-state index in [1.54, 1.807) is 7.11 Å². The van der Waals surface area contributed by atoms with E-state index in [0.29, 0.717) is 0 Å². The van der Waals surface area contributed by atoms with E-state index in [4.69, 9.17) is 4.74 Å². The van der Waals surface area contributed by atoms with E-state index >= 15 is 0 Å². The molecule has 0 unspecified atom stereocenters. The van der Waals surface area contributed by atoms with Gasteiger partial charge in [-0.15, -0.1) is 0 Å². The molecule has 1 aromatic rings. The second-order valence-electron chi connectivity index (χ2n) is 4.30. The molecular weight excluding hydrogens is 206 g/mol. The molecule has 1 rings (SSSR count). The Morgan fingerprint density at radius 3 is 2.27 bits per heavy atom. The highest BCUT2D eigenvalue weighted by molar-refractivity contribution is 8.32. The minimum absolute atomic E-state index is 0.530. The van der Waals surface area contributed by atoms with E-state index in [2.05, 4.69) is 23.8 Å². The van der Waals surface area contributed by atoms with Gasteiger partial charge in [0.2, 0.25) is 0 Å². The molecular formula is C12H19NOS. The smallest absolute Gasteiger partial charge is 0.118 e. The van der Waals surface area contributed by atoms with E-state index in [0.717, 1.165) is 17.2 Å². The molecule has 0 atom stereocenters. The Morgan fingerprint density at radius 1 is 1.20 bits per heavy atom. The van der Waals surface area contributed by atoms with Gasteiger partial charge in [-0.1, -0.05) is 0 Å². The zero-order valence-electron chi connectivity index (χ0n) is 9.86. The Bertz CT molecular complexity index is 324. The fourth-order valence-electron chi connectivity index (χ4n) is 1.06. The van der Waals surface area contributed by atoms with Crippen LogP contribution in [0.3, 0.4) is 0 Å². The average molecular weight is 225 g/mol. The van der Waals surface area contributed by atoms with Crippen molar-refractivity contribution in [2.75, 3.05) is 31.8 Å². The highest BCUT2D eigenvalue weighted by Crippen LogP contribution is 2.33. The van der Waals surface area contributed by atoms with Crippen LogP contribution in [0.4, 0.5) is 0 Å². The van der Waals surface area contributed by atoms with Gasteiger partial charge in [-0.25, -0.2) is 10.0 Å². The van der Waals surface area contributed by atoms with Gasteiger partial charge in [0.1, 0.15) is 5.75 Å². The van der Waals surface area contributed by atoms with Crippen LogP contribution >= 0.6 is 10.0 Å². The van der Waals surface area contributed by atoms with Crippen LogP contribution in [0.25, 0.3) is 0 Å². The van der Waals surface area contributed by atoms with Crippen LogP contribution in [0.1, 0.15) is 5.56 Å². The van der Waals surface area contributed by atoms with Crippen molar-refractivity contribution in [2.24, 2.45) is 4.99 Å². The standard InChI is InChI=1S/C12H19NOS/c1-14-12-7-5-11(6-8-12)9-13-10-15(2,3)4/h5-9H,10H2,1-4H3/b13-9+. The summed E-state index contributed by atoms with van der Waals surface area (Å²) in [4.78, 5) is 4.44. The molecule has 0 bridgehead atoms. The van der Waals surface area contributed by atoms with Crippen molar-refractivity contribution in [3.8, 4) is 5.75 Å². The van der Waals surface area contributed by atoms with Gasteiger partial charge < -0.3 is 4.74 Å². The summed E-state index contributed by atoms with van der Waals surface area (Å²) in [6, 6.07) is 7.93. The number of aliphatic imine (C=N–C) groups is 1. The molecule has 3 heteroatoms. The Balaban J connectivity index is 2.57. The van der Waals surface area contributed by atoms with E-state index in [9.17, 15) is 0 Å². The quantitative estimate of drug-likeness (QED) is 0.722. The Morgan fingerprint density at radius 2 is 1.80 bits per heavy atom. The van der Waals surface area contributed by atoms with Crippen molar-refractivity contribution < 1.29 is 4.74 Å². The minimum atomic E-state index is -0.530. The average Bonchev–Trinajstić information content (AvgIpc) is 2.17. The van der Waals surface area contributed by atoms with Crippen LogP contribution in [0.15, 0.2) is 29.3 Å². The molecule has 1 aromatic carbocycles. The van der Waals surface area contributed by atoms with Crippen LogP contribution in [0.5, 0.6) is 5.75 Å². The maximum Gasteiger partial charge on any atom is 0.118 e. The lowest BCUT2D eigenvalue weighted by Gasteiger charge is -2.21. The maximum absolute atomic E-state index is 5.09. The molecule has 0 fully saturated rings. The number of benzene rings is 1. The van der Waals surface area contributed by atoms with Gasteiger partial charge in [0, 0.05) is 6.21 Å². The lowest BCUT2D eigenvalue weighted by molar-refractivity contribution is 0.415. The third-order valence-electron chi connectivity index (χ3n) is 1.82. The predicted octanol–water partition coefficient (Wildman–Crippen LogP) is 2.77. The molecule has 0 aliphatic carbocycles. The first-order valence-electron chi connectivity index (χ1n) is 4.81. The van der Waals surface area contributed by atoms with E-state index in [1.807, 2.05) is 30.5 Å². The summed E-state index contributed by atoms with van der Waals surface area (Å²) in [7, 11) is 1.14. The molecule has 2 nitrogen and oxygen atoms in total. The summed E-state index contributed by atoms with van der Waals surface area (Å²) in [6.07, 6.45) is 8.72. The van der Waals surface area contributed by atoms with Gasteiger partial charge in [-0.3, -0.25) is 4.99 Å². The lowest BCUT2D eigenvalue weighted by Crippen LogP contribution is -1.96. The van der Waals surface area contributed by atoms with Crippen LogP contribution in [-0.4, -0.2) is 38.0 Å². The molecule has 0 N–H and O–H groups in total. The van der Waals surface area contributed by atoms with Crippen molar-refractivity contribution in [1.82, 2.24) is 0 Å².